The van der Waals surface area contributed by atoms with Crippen LogP contribution in [0, 0.1) is 0 Å². The van der Waals surface area contributed by atoms with Gasteiger partial charge in [0.1, 0.15) is 17.1 Å². The molecule has 0 unspecified atom stereocenters. The molecule has 178 valence electrons. The fraction of sp³-hybridized carbons (Fsp3) is 0.286. The monoisotopic (exact) mass is 461 g/mol. The van der Waals surface area contributed by atoms with Crippen LogP contribution in [0.3, 0.4) is 0 Å². The molecule has 0 saturated carbocycles. The van der Waals surface area contributed by atoms with Crippen LogP contribution >= 0.6 is 0 Å². The van der Waals surface area contributed by atoms with Gasteiger partial charge < -0.3 is 19.5 Å². The van der Waals surface area contributed by atoms with Crippen molar-refractivity contribution in [3.63, 3.8) is 0 Å². The first kappa shape index (κ1) is 24.8. The summed E-state index contributed by atoms with van der Waals surface area (Å²) in [4.78, 5) is 26.9. The van der Waals surface area contributed by atoms with E-state index in [0.29, 0.717) is 12.3 Å². The third-order valence-corrected chi connectivity index (χ3v) is 5.85. The van der Waals surface area contributed by atoms with Crippen LogP contribution in [-0.2, 0) is 11.3 Å². The van der Waals surface area contributed by atoms with Crippen LogP contribution in [0.25, 0.3) is 0 Å². The molecule has 1 N–H and O–H groups in total. The number of hydrogen-bond acceptors (Lipinski definition) is 4. The Balaban J connectivity index is 1.86. The number of ether oxygens (including phenoxy) is 2. The predicted molar refractivity (Wildman–Crippen MR) is 131 cm³/mol. The van der Waals surface area contributed by atoms with Crippen LogP contribution in [0.4, 0.5) is 0 Å². The molecule has 3 aromatic carbocycles. The summed E-state index contributed by atoms with van der Waals surface area (Å²) in [6, 6.07) is 22.1. The maximum atomic E-state index is 13.4. The second kappa shape index (κ2) is 11.4. The maximum absolute atomic E-state index is 13.4. The van der Waals surface area contributed by atoms with E-state index in [0.717, 1.165) is 16.7 Å². The summed E-state index contributed by atoms with van der Waals surface area (Å²) in [5.41, 5.74) is 2.80. The number of carboxylic acid groups (broad SMARTS) is 1. The Morgan fingerprint density at radius 1 is 0.882 bits per heavy atom. The third kappa shape index (κ3) is 5.95. The van der Waals surface area contributed by atoms with Crippen LogP contribution in [0.15, 0.2) is 72.8 Å². The second-order valence-corrected chi connectivity index (χ2v) is 8.42. The van der Waals surface area contributed by atoms with Crippen molar-refractivity contribution in [2.45, 2.75) is 39.3 Å². The van der Waals surface area contributed by atoms with Crippen LogP contribution < -0.4 is 9.47 Å². The molecule has 0 spiro atoms. The Morgan fingerprint density at radius 3 is 2.21 bits per heavy atom. The van der Waals surface area contributed by atoms with Gasteiger partial charge in [0.05, 0.1) is 19.7 Å². The third-order valence-electron chi connectivity index (χ3n) is 5.85. The van der Waals surface area contributed by atoms with Crippen LogP contribution in [0.5, 0.6) is 11.5 Å². The summed E-state index contributed by atoms with van der Waals surface area (Å²) in [6.45, 7) is 5.98. The van der Waals surface area contributed by atoms with Crippen molar-refractivity contribution >= 4 is 11.9 Å². The zero-order valence-corrected chi connectivity index (χ0v) is 20.0. The van der Waals surface area contributed by atoms with Gasteiger partial charge in [-0.1, -0.05) is 68.4 Å². The standard InChI is InChI=1S/C28H31NO5/c1-19(2)22-14-15-26(24(16-22)28(31)32)34-18-27(30)29(20(3)21-10-6-5-7-11-21)17-23-12-8-9-13-25(23)33-4/h5-16,19-20H,17-18H2,1-4H3,(H,31,32)/t20-/m1/s1. The van der Waals surface area contributed by atoms with Crippen LogP contribution in [-0.4, -0.2) is 35.6 Å². The molecule has 34 heavy (non-hydrogen) atoms. The van der Waals surface area contributed by atoms with Crippen molar-refractivity contribution in [2.75, 3.05) is 13.7 Å². The number of para-hydroxylation sites is 1. The first-order chi connectivity index (χ1) is 16.3. The first-order valence-corrected chi connectivity index (χ1v) is 11.3. The topological polar surface area (TPSA) is 76.1 Å². The van der Waals surface area contributed by atoms with E-state index in [1.165, 1.54) is 0 Å². The van der Waals surface area contributed by atoms with Crippen molar-refractivity contribution in [3.8, 4) is 11.5 Å². The number of hydrogen-bond donors (Lipinski definition) is 1. The highest BCUT2D eigenvalue weighted by atomic mass is 16.5. The van der Waals surface area contributed by atoms with Crippen molar-refractivity contribution < 1.29 is 24.2 Å². The average molecular weight is 462 g/mol. The molecule has 0 heterocycles. The Hall–Kier alpha value is -3.80. The Kier molecular flexibility index (Phi) is 8.30. The van der Waals surface area contributed by atoms with E-state index in [9.17, 15) is 14.7 Å². The number of methoxy groups -OCH3 is 1. The molecule has 0 saturated heterocycles. The number of rotatable bonds is 10. The van der Waals surface area contributed by atoms with E-state index in [1.54, 1.807) is 24.1 Å². The lowest BCUT2D eigenvalue weighted by Crippen LogP contribution is -2.36. The average Bonchev–Trinajstić information content (AvgIpc) is 2.85. The number of nitrogens with zero attached hydrogens (tertiary/aromatic N) is 1. The fourth-order valence-corrected chi connectivity index (χ4v) is 3.79. The van der Waals surface area contributed by atoms with Gasteiger partial charge in [-0.3, -0.25) is 4.79 Å². The summed E-state index contributed by atoms with van der Waals surface area (Å²) in [6.07, 6.45) is 0. The van der Waals surface area contributed by atoms with Gasteiger partial charge >= 0.3 is 5.97 Å². The molecule has 0 aliphatic heterocycles. The first-order valence-electron chi connectivity index (χ1n) is 11.3. The summed E-state index contributed by atoms with van der Waals surface area (Å²) in [5.74, 6) is -0.300. The molecule has 6 nitrogen and oxygen atoms in total. The Labute approximate surface area is 200 Å². The van der Waals surface area contributed by atoms with E-state index in [4.69, 9.17) is 9.47 Å². The minimum Gasteiger partial charge on any atom is -0.496 e. The van der Waals surface area contributed by atoms with E-state index < -0.39 is 5.97 Å². The Morgan fingerprint density at radius 2 is 1.56 bits per heavy atom. The van der Waals surface area contributed by atoms with Crippen LogP contribution in [0.1, 0.15) is 59.8 Å². The smallest absolute Gasteiger partial charge is 0.339 e. The molecule has 0 aliphatic carbocycles. The molecule has 0 fully saturated rings. The zero-order valence-electron chi connectivity index (χ0n) is 20.0. The summed E-state index contributed by atoms with van der Waals surface area (Å²) < 4.78 is 11.2. The molecule has 1 amide bonds. The minimum absolute atomic E-state index is 0.0476. The van der Waals surface area contributed by atoms with Crippen molar-refractivity contribution in [1.29, 1.82) is 0 Å². The number of aromatic carboxylic acids is 1. The summed E-state index contributed by atoms with van der Waals surface area (Å²) in [7, 11) is 1.60. The highest BCUT2D eigenvalue weighted by Gasteiger charge is 2.24. The number of amides is 1. The molecular formula is C28H31NO5. The van der Waals surface area contributed by atoms with Gasteiger partial charge in [-0.2, -0.15) is 0 Å². The van der Waals surface area contributed by atoms with E-state index >= 15 is 0 Å². The largest absolute Gasteiger partial charge is 0.496 e. The van der Waals surface area contributed by atoms with Crippen LogP contribution in [0.2, 0.25) is 0 Å². The molecule has 0 aromatic heterocycles. The Bertz CT molecular complexity index is 1130. The quantitative estimate of drug-likeness (QED) is 0.420. The molecule has 1 atom stereocenters. The predicted octanol–water partition coefficient (Wildman–Crippen LogP) is 5.69. The lowest BCUT2D eigenvalue weighted by atomic mass is 10.0. The van der Waals surface area contributed by atoms with Gasteiger partial charge in [-0.25, -0.2) is 4.79 Å². The molecule has 3 aromatic rings. The van der Waals surface area contributed by atoms with Crippen molar-refractivity contribution in [2.24, 2.45) is 0 Å². The highest BCUT2D eigenvalue weighted by molar-refractivity contribution is 5.91. The summed E-state index contributed by atoms with van der Waals surface area (Å²) in [5, 5.41) is 9.65. The van der Waals surface area contributed by atoms with E-state index in [1.807, 2.05) is 81.4 Å². The second-order valence-electron chi connectivity index (χ2n) is 8.42. The van der Waals surface area contributed by atoms with Crippen molar-refractivity contribution in [1.82, 2.24) is 4.90 Å². The number of carbonyl (C=O) groups is 2. The van der Waals surface area contributed by atoms with Gasteiger partial charge in [0.15, 0.2) is 6.61 Å². The van der Waals surface area contributed by atoms with Gasteiger partial charge in [-0.15, -0.1) is 0 Å². The molecule has 0 radical (unpaired) electrons. The summed E-state index contributed by atoms with van der Waals surface area (Å²) >= 11 is 0. The zero-order chi connectivity index (χ0) is 24.7. The van der Waals surface area contributed by atoms with E-state index in [-0.39, 0.29) is 35.8 Å². The lowest BCUT2D eigenvalue weighted by molar-refractivity contribution is -0.136. The molecule has 6 heteroatoms. The normalized spacial score (nSPS) is 11.7. The lowest BCUT2D eigenvalue weighted by Gasteiger charge is -2.30. The SMILES string of the molecule is COc1ccccc1CN(C(=O)COc1ccc(C(C)C)cc1C(=O)O)[C@H](C)c1ccccc1. The fourth-order valence-electron chi connectivity index (χ4n) is 3.79. The molecule has 3 rings (SSSR count). The maximum Gasteiger partial charge on any atom is 0.339 e. The molecule has 0 aliphatic rings. The number of carbonyl (C=O) groups excluding carboxylic acids is 1. The number of benzene rings is 3. The van der Waals surface area contributed by atoms with Crippen molar-refractivity contribution in [3.05, 3.63) is 95.1 Å². The highest BCUT2D eigenvalue weighted by Crippen LogP contribution is 2.28. The van der Waals surface area contributed by atoms with E-state index in [2.05, 4.69) is 0 Å². The molecule has 0 bridgehead atoms. The number of carboxylic acids is 1. The van der Waals surface area contributed by atoms with Gasteiger partial charge in [0.25, 0.3) is 5.91 Å². The minimum atomic E-state index is -1.09. The van der Waals surface area contributed by atoms with Gasteiger partial charge in [0.2, 0.25) is 0 Å². The molecular weight excluding hydrogens is 430 g/mol. The van der Waals surface area contributed by atoms with Gasteiger partial charge in [0, 0.05) is 5.56 Å². The van der Waals surface area contributed by atoms with Gasteiger partial charge in [-0.05, 0) is 42.2 Å².